The summed E-state index contributed by atoms with van der Waals surface area (Å²) in [6, 6.07) is 25.5. The van der Waals surface area contributed by atoms with Crippen LogP contribution in [0.2, 0.25) is 0 Å². The Kier molecular flexibility index (Phi) is 7.64. The van der Waals surface area contributed by atoms with Crippen molar-refractivity contribution < 1.29 is 0 Å². The monoisotopic (exact) mass is 430 g/mol. The average Bonchev–Trinajstić information content (AvgIpc) is 3.07. The molecule has 2 heterocycles. The van der Waals surface area contributed by atoms with Crippen LogP contribution in [0.15, 0.2) is 85.2 Å². The molecule has 2 aromatic carbocycles. The van der Waals surface area contributed by atoms with Gasteiger partial charge in [-0.1, -0.05) is 66.7 Å². The van der Waals surface area contributed by atoms with Crippen LogP contribution in [0.25, 0.3) is 0 Å². The van der Waals surface area contributed by atoms with Gasteiger partial charge in [0.05, 0.1) is 0 Å². The number of nitrogens with one attached hydrogen (secondary N) is 1. The maximum atomic E-state index is 5.81. The van der Waals surface area contributed by atoms with Crippen molar-refractivity contribution >= 4 is 17.3 Å². The molecular weight excluding hydrogens is 400 g/mol. The Balaban J connectivity index is 1.35. The summed E-state index contributed by atoms with van der Waals surface area (Å²) in [6.07, 6.45) is 4.90. The van der Waals surface area contributed by atoms with E-state index in [0.29, 0.717) is 0 Å². The normalized spacial score (nSPS) is 14.9. The van der Waals surface area contributed by atoms with Gasteiger partial charge in [-0.15, -0.1) is 0 Å². The molecule has 0 radical (unpaired) electrons. The summed E-state index contributed by atoms with van der Waals surface area (Å²) in [7, 11) is 0. The van der Waals surface area contributed by atoms with E-state index in [1.54, 1.807) is 0 Å². The molecule has 0 aliphatic carbocycles. The fourth-order valence-corrected chi connectivity index (χ4v) is 4.45. The van der Waals surface area contributed by atoms with Crippen LogP contribution in [0.3, 0.4) is 0 Å². The lowest BCUT2D eigenvalue weighted by Gasteiger charge is -2.27. The number of hydrogen-bond donors (Lipinski definition) is 1. The fraction of sp³-hybridized carbons (Fsp3) is 0.308. The summed E-state index contributed by atoms with van der Waals surface area (Å²) in [4.78, 5) is 9.06. The third-order valence-electron chi connectivity index (χ3n) is 5.87. The van der Waals surface area contributed by atoms with Crippen molar-refractivity contribution in [2.24, 2.45) is 0 Å². The number of rotatable bonds is 6. The Morgan fingerprint density at radius 2 is 1.58 bits per heavy atom. The molecule has 4 rings (SSSR count). The van der Waals surface area contributed by atoms with E-state index in [2.05, 4.69) is 86.8 Å². The maximum absolute atomic E-state index is 5.81. The molecule has 1 N–H and O–H groups in total. The van der Waals surface area contributed by atoms with Crippen molar-refractivity contribution in [1.29, 1.82) is 0 Å². The highest BCUT2D eigenvalue weighted by Gasteiger charge is 2.19. The second-order valence-corrected chi connectivity index (χ2v) is 8.42. The lowest BCUT2D eigenvalue weighted by Crippen LogP contribution is -2.43. The molecule has 0 amide bonds. The van der Waals surface area contributed by atoms with Gasteiger partial charge in [0.25, 0.3) is 0 Å². The molecule has 160 valence electrons. The second-order valence-electron chi connectivity index (χ2n) is 8.04. The van der Waals surface area contributed by atoms with E-state index in [4.69, 9.17) is 12.2 Å². The quantitative estimate of drug-likeness (QED) is 0.590. The first-order valence-electron chi connectivity index (χ1n) is 11.0. The zero-order valence-corrected chi connectivity index (χ0v) is 18.7. The molecular formula is C26H30N4S. The summed E-state index contributed by atoms with van der Waals surface area (Å²) < 4.78 is 0. The van der Waals surface area contributed by atoms with Crippen molar-refractivity contribution in [3.63, 3.8) is 0 Å². The predicted octanol–water partition coefficient (Wildman–Crippen LogP) is 4.30. The summed E-state index contributed by atoms with van der Waals surface area (Å²) in [5.74, 6) is 0.273. The highest BCUT2D eigenvalue weighted by atomic mass is 32.1. The second kappa shape index (κ2) is 11.0. The van der Waals surface area contributed by atoms with Gasteiger partial charge in [-0.25, -0.2) is 0 Å². The predicted molar refractivity (Wildman–Crippen MR) is 131 cm³/mol. The topological polar surface area (TPSA) is 31.4 Å². The third kappa shape index (κ3) is 6.12. The van der Waals surface area contributed by atoms with Crippen LogP contribution in [0.1, 0.15) is 29.0 Å². The molecule has 0 spiro atoms. The summed E-state index contributed by atoms with van der Waals surface area (Å²) >= 11 is 5.81. The van der Waals surface area contributed by atoms with Crippen LogP contribution in [0.5, 0.6) is 0 Å². The molecule has 1 aliphatic rings. The van der Waals surface area contributed by atoms with Crippen LogP contribution in [-0.2, 0) is 6.54 Å². The van der Waals surface area contributed by atoms with Gasteiger partial charge < -0.3 is 10.2 Å². The van der Waals surface area contributed by atoms with E-state index in [1.807, 2.05) is 18.5 Å². The zero-order valence-electron chi connectivity index (χ0n) is 17.9. The van der Waals surface area contributed by atoms with Crippen LogP contribution in [-0.4, -0.2) is 52.6 Å². The molecule has 1 saturated heterocycles. The molecule has 0 unspecified atom stereocenters. The molecule has 3 aromatic rings. The first kappa shape index (κ1) is 21.5. The summed E-state index contributed by atoms with van der Waals surface area (Å²) in [5, 5.41) is 4.43. The molecule has 0 atom stereocenters. The Bertz CT molecular complexity index is 894. The van der Waals surface area contributed by atoms with Gasteiger partial charge in [-0.2, -0.15) is 0 Å². The minimum Gasteiger partial charge on any atom is -0.362 e. The van der Waals surface area contributed by atoms with Crippen molar-refractivity contribution in [3.05, 3.63) is 102 Å². The SMILES string of the molecule is S=C(NCC(c1ccccc1)c1ccccc1)N1CCCN(Cc2cccnc2)CC1. The van der Waals surface area contributed by atoms with E-state index in [-0.39, 0.29) is 5.92 Å². The Labute approximate surface area is 190 Å². The van der Waals surface area contributed by atoms with E-state index >= 15 is 0 Å². The zero-order chi connectivity index (χ0) is 21.3. The molecule has 1 aliphatic heterocycles. The van der Waals surface area contributed by atoms with E-state index in [0.717, 1.165) is 50.8 Å². The fourth-order valence-electron chi connectivity index (χ4n) is 4.18. The smallest absolute Gasteiger partial charge is 0.169 e. The molecule has 1 fully saturated rings. The molecule has 0 saturated carbocycles. The van der Waals surface area contributed by atoms with Crippen molar-refractivity contribution in [3.8, 4) is 0 Å². The van der Waals surface area contributed by atoms with Gasteiger partial charge in [-0.3, -0.25) is 9.88 Å². The average molecular weight is 431 g/mol. The molecule has 0 bridgehead atoms. The Morgan fingerprint density at radius 3 is 2.23 bits per heavy atom. The maximum Gasteiger partial charge on any atom is 0.169 e. The van der Waals surface area contributed by atoms with Gasteiger partial charge >= 0.3 is 0 Å². The van der Waals surface area contributed by atoms with E-state index in [9.17, 15) is 0 Å². The van der Waals surface area contributed by atoms with Crippen LogP contribution < -0.4 is 5.32 Å². The lowest BCUT2D eigenvalue weighted by molar-refractivity contribution is 0.277. The van der Waals surface area contributed by atoms with Crippen molar-refractivity contribution in [1.82, 2.24) is 20.1 Å². The molecule has 5 heteroatoms. The number of aromatic nitrogens is 1. The highest BCUT2D eigenvalue weighted by molar-refractivity contribution is 7.80. The first-order chi connectivity index (χ1) is 15.3. The number of thiocarbonyl (C=S) groups is 1. The van der Waals surface area contributed by atoms with Gasteiger partial charge in [0, 0.05) is 57.6 Å². The summed E-state index contributed by atoms with van der Waals surface area (Å²) in [5.41, 5.74) is 3.88. The number of pyridine rings is 1. The van der Waals surface area contributed by atoms with Gasteiger partial charge in [-0.05, 0) is 41.4 Å². The minimum atomic E-state index is 0.273. The van der Waals surface area contributed by atoms with Gasteiger partial charge in [0.1, 0.15) is 0 Å². The Hall–Kier alpha value is -2.76. The first-order valence-corrected chi connectivity index (χ1v) is 11.4. The van der Waals surface area contributed by atoms with Crippen molar-refractivity contribution in [2.45, 2.75) is 18.9 Å². The molecule has 4 nitrogen and oxygen atoms in total. The van der Waals surface area contributed by atoms with Crippen LogP contribution in [0, 0.1) is 0 Å². The number of benzene rings is 2. The third-order valence-corrected chi connectivity index (χ3v) is 6.27. The van der Waals surface area contributed by atoms with Crippen LogP contribution >= 0.6 is 12.2 Å². The molecule has 31 heavy (non-hydrogen) atoms. The van der Waals surface area contributed by atoms with Gasteiger partial charge in [0.15, 0.2) is 5.11 Å². The largest absolute Gasteiger partial charge is 0.362 e. The van der Waals surface area contributed by atoms with Crippen LogP contribution in [0.4, 0.5) is 0 Å². The summed E-state index contributed by atoms with van der Waals surface area (Å²) in [6.45, 7) is 5.79. The standard InChI is InChI=1S/C26H30N4S/c31-26(30-16-8-15-29(17-18-30)21-22-9-7-14-27-19-22)28-20-25(23-10-3-1-4-11-23)24-12-5-2-6-13-24/h1-7,9-14,19,25H,8,15-18,20-21H2,(H,28,31). The highest BCUT2D eigenvalue weighted by Crippen LogP contribution is 2.23. The Morgan fingerprint density at radius 1 is 0.871 bits per heavy atom. The van der Waals surface area contributed by atoms with E-state index < -0.39 is 0 Å². The molecule has 1 aromatic heterocycles. The van der Waals surface area contributed by atoms with E-state index in [1.165, 1.54) is 16.7 Å². The lowest BCUT2D eigenvalue weighted by atomic mass is 9.91. The number of hydrogen-bond acceptors (Lipinski definition) is 3. The van der Waals surface area contributed by atoms with Gasteiger partial charge in [0.2, 0.25) is 0 Å². The number of nitrogens with zero attached hydrogens (tertiary/aromatic N) is 3. The minimum absolute atomic E-state index is 0.273. The van der Waals surface area contributed by atoms with Crippen molar-refractivity contribution in [2.75, 3.05) is 32.7 Å².